The van der Waals surface area contributed by atoms with Crippen LogP contribution in [0, 0.1) is 0 Å². The molecule has 0 aliphatic heterocycles. The molecule has 0 fully saturated rings. The highest BCUT2D eigenvalue weighted by Gasteiger charge is 2.35. The zero-order valence-corrected chi connectivity index (χ0v) is 24.4. The topological polar surface area (TPSA) is 0 Å². The van der Waals surface area contributed by atoms with E-state index in [0.717, 1.165) is 0 Å². The van der Waals surface area contributed by atoms with Crippen LogP contribution in [-0.2, 0) is 5.41 Å². The second-order valence-electron chi connectivity index (χ2n) is 12.5. The summed E-state index contributed by atoms with van der Waals surface area (Å²) in [5.41, 5.74) is 10.7. The van der Waals surface area contributed by atoms with Gasteiger partial charge in [0.05, 0.1) is 0 Å². The Kier molecular flexibility index (Phi) is 5.05. The first-order chi connectivity index (χ1) is 21.1. The van der Waals surface area contributed by atoms with Crippen LogP contribution in [0.25, 0.3) is 76.5 Å². The van der Waals surface area contributed by atoms with Gasteiger partial charge in [0.1, 0.15) is 0 Å². The average Bonchev–Trinajstić information content (AvgIpc) is 3.29. The third kappa shape index (κ3) is 3.50. The SMILES string of the molecule is CC1(C)c2ccccc2-c2ccc(-c3ccc4ccc5cc(-c6cccc7ccccc67)c6ccccc6c5c4c3)cc21. The average molecular weight is 547 g/mol. The molecule has 0 radical (unpaired) electrons. The van der Waals surface area contributed by atoms with Crippen LogP contribution in [0.4, 0.5) is 0 Å². The van der Waals surface area contributed by atoms with E-state index in [2.05, 4.69) is 159 Å². The van der Waals surface area contributed by atoms with E-state index in [1.165, 1.54) is 87.6 Å². The molecule has 0 saturated carbocycles. The molecule has 0 aromatic heterocycles. The molecule has 0 N–H and O–H groups in total. The summed E-state index contributed by atoms with van der Waals surface area (Å²) in [4.78, 5) is 0. The summed E-state index contributed by atoms with van der Waals surface area (Å²) >= 11 is 0. The maximum atomic E-state index is 2.43. The van der Waals surface area contributed by atoms with Crippen LogP contribution < -0.4 is 0 Å². The minimum Gasteiger partial charge on any atom is -0.0619 e. The molecule has 202 valence electrons. The molecular formula is C43H30. The number of rotatable bonds is 2. The number of fused-ring (bicyclic) bond motifs is 9. The van der Waals surface area contributed by atoms with Crippen molar-refractivity contribution in [2.24, 2.45) is 0 Å². The Morgan fingerprint density at radius 2 is 0.953 bits per heavy atom. The highest BCUT2D eigenvalue weighted by atomic mass is 14.4. The van der Waals surface area contributed by atoms with Gasteiger partial charge in [0.25, 0.3) is 0 Å². The minimum atomic E-state index is -0.0142. The van der Waals surface area contributed by atoms with Gasteiger partial charge in [0, 0.05) is 5.41 Å². The molecule has 0 saturated heterocycles. The van der Waals surface area contributed by atoms with E-state index in [1.54, 1.807) is 0 Å². The smallest absolute Gasteiger partial charge is 0.0159 e. The summed E-state index contributed by atoms with van der Waals surface area (Å²) in [5.74, 6) is 0. The second kappa shape index (κ2) is 8.90. The number of benzene rings is 8. The molecule has 0 bridgehead atoms. The van der Waals surface area contributed by atoms with Crippen LogP contribution in [0.5, 0.6) is 0 Å². The van der Waals surface area contributed by atoms with E-state index in [9.17, 15) is 0 Å². The van der Waals surface area contributed by atoms with Crippen molar-refractivity contribution in [2.75, 3.05) is 0 Å². The molecule has 0 nitrogen and oxygen atoms in total. The first-order valence-corrected chi connectivity index (χ1v) is 15.2. The van der Waals surface area contributed by atoms with Gasteiger partial charge in [0.2, 0.25) is 0 Å². The van der Waals surface area contributed by atoms with E-state index >= 15 is 0 Å². The van der Waals surface area contributed by atoms with Crippen LogP contribution in [0.15, 0.2) is 146 Å². The Labute approximate surface area is 251 Å². The van der Waals surface area contributed by atoms with Crippen LogP contribution >= 0.6 is 0 Å². The highest BCUT2D eigenvalue weighted by Crippen LogP contribution is 2.50. The lowest BCUT2D eigenvalue weighted by Crippen LogP contribution is -2.14. The zero-order chi connectivity index (χ0) is 28.7. The summed E-state index contributed by atoms with van der Waals surface area (Å²) in [6, 6.07) is 54.2. The van der Waals surface area contributed by atoms with E-state index in [4.69, 9.17) is 0 Å². The molecule has 0 spiro atoms. The van der Waals surface area contributed by atoms with Gasteiger partial charge in [-0.05, 0) is 106 Å². The largest absolute Gasteiger partial charge is 0.0619 e. The predicted octanol–water partition coefficient (Wildman–Crippen LogP) is 11.9. The zero-order valence-electron chi connectivity index (χ0n) is 24.4. The monoisotopic (exact) mass is 546 g/mol. The van der Waals surface area contributed by atoms with Crippen molar-refractivity contribution in [3.63, 3.8) is 0 Å². The summed E-state index contributed by atoms with van der Waals surface area (Å²) in [7, 11) is 0. The van der Waals surface area contributed by atoms with Crippen LogP contribution in [0.1, 0.15) is 25.0 Å². The Bertz CT molecular complexity index is 2420. The molecule has 43 heavy (non-hydrogen) atoms. The second-order valence-corrected chi connectivity index (χ2v) is 12.5. The molecule has 1 aliphatic rings. The van der Waals surface area contributed by atoms with Gasteiger partial charge in [-0.3, -0.25) is 0 Å². The Balaban J connectivity index is 1.28. The molecule has 0 amide bonds. The maximum Gasteiger partial charge on any atom is 0.0159 e. The van der Waals surface area contributed by atoms with Gasteiger partial charge < -0.3 is 0 Å². The Morgan fingerprint density at radius 1 is 0.349 bits per heavy atom. The first kappa shape index (κ1) is 24.4. The van der Waals surface area contributed by atoms with Gasteiger partial charge in [0.15, 0.2) is 0 Å². The normalized spacial score (nSPS) is 13.5. The lowest BCUT2D eigenvalue weighted by atomic mass is 9.81. The van der Waals surface area contributed by atoms with Crippen LogP contribution in [-0.4, -0.2) is 0 Å². The summed E-state index contributed by atoms with van der Waals surface area (Å²) < 4.78 is 0. The molecule has 0 heterocycles. The lowest BCUT2D eigenvalue weighted by molar-refractivity contribution is 0.660. The Hall–Kier alpha value is -5.20. The van der Waals surface area contributed by atoms with Gasteiger partial charge >= 0.3 is 0 Å². The third-order valence-corrected chi connectivity index (χ3v) is 9.84. The molecular weight excluding hydrogens is 516 g/mol. The van der Waals surface area contributed by atoms with E-state index in [0.29, 0.717) is 0 Å². The highest BCUT2D eigenvalue weighted by molar-refractivity contribution is 6.24. The lowest BCUT2D eigenvalue weighted by Gasteiger charge is -2.22. The summed E-state index contributed by atoms with van der Waals surface area (Å²) in [5, 5.41) is 10.3. The summed E-state index contributed by atoms with van der Waals surface area (Å²) in [6.45, 7) is 4.71. The number of hydrogen-bond acceptors (Lipinski definition) is 0. The maximum absolute atomic E-state index is 2.43. The number of hydrogen-bond donors (Lipinski definition) is 0. The van der Waals surface area contributed by atoms with Crippen molar-refractivity contribution < 1.29 is 0 Å². The van der Waals surface area contributed by atoms with Crippen molar-refractivity contribution in [1.29, 1.82) is 0 Å². The standard InChI is InChI=1S/C43H30/c1-43(2)40-17-8-7-14-35(40)36-23-22-30(26-41(36)43)29-20-18-28-19-21-31-25-39(33-16-9-11-27-10-3-4-12-32(27)33)34-13-5-6-15-37(34)42(31)38(28)24-29/h3-26H,1-2H3. The van der Waals surface area contributed by atoms with Crippen LogP contribution in [0.2, 0.25) is 0 Å². The van der Waals surface area contributed by atoms with Gasteiger partial charge in [-0.15, -0.1) is 0 Å². The fourth-order valence-corrected chi connectivity index (χ4v) is 7.67. The summed E-state index contributed by atoms with van der Waals surface area (Å²) in [6.07, 6.45) is 0. The molecule has 8 aromatic carbocycles. The first-order valence-electron chi connectivity index (χ1n) is 15.2. The molecule has 9 rings (SSSR count). The predicted molar refractivity (Wildman–Crippen MR) is 185 cm³/mol. The fraction of sp³-hybridized carbons (Fsp3) is 0.0698. The van der Waals surface area contributed by atoms with Crippen LogP contribution in [0.3, 0.4) is 0 Å². The molecule has 0 heteroatoms. The van der Waals surface area contributed by atoms with E-state index < -0.39 is 0 Å². The van der Waals surface area contributed by atoms with Crippen molar-refractivity contribution in [3.05, 3.63) is 157 Å². The van der Waals surface area contributed by atoms with Gasteiger partial charge in [-0.25, -0.2) is 0 Å². The van der Waals surface area contributed by atoms with Crippen molar-refractivity contribution in [1.82, 2.24) is 0 Å². The molecule has 0 unspecified atom stereocenters. The fourth-order valence-electron chi connectivity index (χ4n) is 7.67. The van der Waals surface area contributed by atoms with Crippen molar-refractivity contribution >= 4 is 43.1 Å². The minimum absolute atomic E-state index is 0.0142. The quantitative estimate of drug-likeness (QED) is 0.189. The van der Waals surface area contributed by atoms with E-state index in [-0.39, 0.29) is 5.41 Å². The van der Waals surface area contributed by atoms with Gasteiger partial charge in [-0.1, -0.05) is 141 Å². The third-order valence-electron chi connectivity index (χ3n) is 9.84. The molecule has 0 atom stereocenters. The Morgan fingerprint density at radius 3 is 1.86 bits per heavy atom. The molecule has 8 aromatic rings. The molecule has 1 aliphatic carbocycles. The van der Waals surface area contributed by atoms with Crippen molar-refractivity contribution in [2.45, 2.75) is 19.3 Å². The van der Waals surface area contributed by atoms with Gasteiger partial charge in [-0.2, -0.15) is 0 Å². The van der Waals surface area contributed by atoms with Crippen molar-refractivity contribution in [3.8, 4) is 33.4 Å². The van der Waals surface area contributed by atoms with E-state index in [1.807, 2.05) is 0 Å².